The second-order valence-corrected chi connectivity index (χ2v) is 21.9. The van der Waals surface area contributed by atoms with E-state index >= 15 is 0 Å². The smallest absolute Gasteiger partial charge is 0.130 e. The van der Waals surface area contributed by atoms with Crippen molar-refractivity contribution in [3.63, 3.8) is 0 Å². The van der Waals surface area contributed by atoms with Crippen molar-refractivity contribution in [1.29, 1.82) is 0 Å². The molecule has 5 aliphatic rings. The van der Waals surface area contributed by atoms with Crippen LogP contribution in [0.5, 0.6) is 11.5 Å². The van der Waals surface area contributed by atoms with Crippen LogP contribution in [-0.4, -0.2) is 14.2 Å². The topological polar surface area (TPSA) is 18.5 Å². The van der Waals surface area contributed by atoms with Gasteiger partial charge in [0, 0.05) is 33.7 Å². The lowest BCUT2D eigenvalue weighted by molar-refractivity contribution is 0.387. The number of ether oxygens (including phenoxy) is 2. The minimum Gasteiger partial charge on any atom is -0.496 e. The van der Waals surface area contributed by atoms with Gasteiger partial charge in [0.25, 0.3) is 0 Å². The summed E-state index contributed by atoms with van der Waals surface area (Å²) in [5.41, 5.74) is 8.82. The molecule has 2 heteroatoms. The highest BCUT2D eigenvalue weighted by Gasteiger charge is 2.54. The molecule has 0 radical (unpaired) electrons. The van der Waals surface area contributed by atoms with Crippen molar-refractivity contribution in [2.24, 2.45) is 11.8 Å². The molecule has 314 valence electrons. The van der Waals surface area contributed by atoms with Gasteiger partial charge in [-0.1, -0.05) is 109 Å². The number of hydrogen-bond donors (Lipinski definition) is 0. The SMILES string of the molecule is COc1c2c(c(OC)c3cc4c(cc13)[C@@H]1C[C@H]4c3cc4c(cc31)c1ccc3ccc5ccc6ccc4c4c6c5c3c14)[C@@H]1C[C@H]2C2C=c3c(c4ccc5ccc6ccc7ccc3c3c7c6c5c43)=CC21. The van der Waals surface area contributed by atoms with Gasteiger partial charge in [0.05, 0.1) is 14.2 Å². The van der Waals surface area contributed by atoms with Crippen LogP contribution in [0.15, 0.2) is 121 Å². The zero-order chi connectivity index (χ0) is 43.5. The number of rotatable bonds is 2. The van der Waals surface area contributed by atoms with Crippen LogP contribution in [0.4, 0.5) is 0 Å². The molecule has 0 aliphatic heterocycles. The van der Waals surface area contributed by atoms with Crippen LogP contribution in [0, 0.1) is 11.8 Å². The second kappa shape index (κ2) is 10.5. The fourth-order valence-electron chi connectivity index (χ4n) is 17.4. The van der Waals surface area contributed by atoms with Crippen molar-refractivity contribution in [1.82, 2.24) is 0 Å². The summed E-state index contributed by atoms with van der Waals surface area (Å²) < 4.78 is 13.4. The number of fused-ring (bicyclic) bond motifs is 23. The summed E-state index contributed by atoms with van der Waals surface area (Å²) in [7, 11) is 3.84. The fourth-order valence-corrected chi connectivity index (χ4v) is 17.4. The van der Waals surface area contributed by atoms with Crippen molar-refractivity contribution in [3.8, 4) is 11.5 Å². The first-order valence-electron chi connectivity index (χ1n) is 24.9. The van der Waals surface area contributed by atoms with Gasteiger partial charge in [0.2, 0.25) is 0 Å². The average Bonchev–Trinajstić information content (AvgIpc) is 4.25. The highest BCUT2D eigenvalue weighted by molar-refractivity contribution is 6.48. The minimum absolute atomic E-state index is 0.361. The van der Waals surface area contributed by atoms with E-state index in [1.807, 2.05) is 14.2 Å². The van der Waals surface area contributed by atoms with Crippen molar-refractivity contribution in [2.45, 2.75) is 36.5 Å². The Morgan fingerprint density at radius 2 is 0.632 bits per heavy atom. The molecular weight excluding hydrogens is 825 g/mol. The summed E-state index contributed by atoms with van der Waals surface area (Å²) >= 11 is 0. The molecule has 0 aromatic heterocycles. The van der Waals surface area contributed by atoms with Gasteiger partial charge < -0.3 is 9.47 Å². The summed E-state index contributed by atoms with van der Waals surface area (Å²) in [4.78, 5) is 0. The third-order valence-electron chi connectivity index (χ3n) is 19.7. The highest BCUT2D eigenvalue weighted by atomic mass is 16.5. The highest BCUT2D eigenvalue weighted by Crippen LogP contribution is 2.68. The lowest BCUT2D eigenvalue weighted by atomic mass is 9.71. The average molecular weight is 863 g/mol. The monoisotopic (exact) mass is 862 g/mol. The molecule has 15 aromatic rings. The van der Waals surface area contributed by atoms with Crippen LogP contribution in [-0.2, 0) is 0 Å². The molecule has 0 heterocycles. The summed E-state index contributed by atoms with van der Waals surface area (Å²) in [6.45, 7) is 0. The first kappa shape index (κ1) is 33.7. The summed E-state index contributed by atoms with van der Waals surface area (Å²) in [5, 5.41) is 36.4. The van der Waals surface area contributed by atoms with E-state index < -0.39 is 0 Å². The number of benzene rings is 13. The molecule has 0 spiro atoms. The van der Waals surface area contributed by atoms with Crippen LogP contribution >= 0.6 is 0 Å². The van der Waals surface area contributed by atoms with Crippen LogP contribution < -0.4 is 19.9 Å². The van der Waals surface area contributed by atoms with Gasteiger partial charge in [0.15, 0.2) is 0 Å². The maximum atomic E-state index is 6.71. The van der Waals surface area contributed by atoms with Gasteiger partial charge in [-0.25, -0.2) is 0 Å². The molecule has 2 unspecified atom stereocenters. The Labute approximate surface area is 388 Å². The lowest BCUT2D eigenvalue weighted by Crippen LogP contribution is -2.36. The minimum atomic E-state index is 0.361. The van der Waals surface area contributed by atoms with Gasteiger partial charge in [-0.3, -0.25) is 0 Å². The molecule has 0 amide bonds. The van der Waals surface area contributed by atoms with Crippen molar-refractivity contribution >= 4 is 141 Å². The summed E-state index contributed by atoms with van der Waals surface area (Å²) in [5.74, 6) is 4.43. The van der Waals surface area contributed by atoms with E-state index in [2.05, 4.69) is 133 Å². The first-order chi connectivity index (χ1) is 33.6. The molecule has 15 aromatic carbocycles. The van der Waals surface area contributed by atoms with Gasteiger partial charge in [0.1, 0.15) is 11.5 Å². The maximum Gasteiger partial charge on any atom is 0.130 e. The summed E-state index contributed by atoms with van der Waals surface area (Å²) in [6, 6.07) is 48.1. The van der Waals surface area contributed by atoms with E-state index in [1.54, 1.807) is 0 Å². The fraction of sp³-hybridized carbons (Fsp3) is 0.152. The molecule has 20 rings (SSSR count). The van der Waals surface area contributed by atoms with Crippen LogP contribution in [0.1, 0.15) is 69.9 Å². The molecule has 5 aliphatic carbocycles. The van der Waals surface area contributed by atoms with Gasteiger partial charge in [-0.15, -0.1) is 0 Å². The van der Waals surface area contributed by atoms with E-state index in [0.29, 0.717) is 35.5 Å². The quantitative estimate of drug-likeness (QED) is 0.161. The van der Waals surface area contributed by atoms with Crippen LogP contribution in [0.3, 0.4) is 0 Å². The third-order valence-corrected chi connectivity index (χ3v) is 19.7. The molecule has 1 fully saturated rings. The molecule has 6 atom stereocenters. The Balaban J connectivity index is 0.800. The standard InChI is InChI=1S/C66H38O2/c1-67-65-51-24-45-43-23-44(42-20-38-34-16-12-30-8-4-27-3-7-29-11-15-33(37(38)19-41(42)43)59-55(29)53(27)56(30)60(34)59)46(45)25-52(51)66(68-2)64-50-26-49(63(64)65)47-21-39-35-17-13-31-9-5-28-6-10-32-14-18-36(40(39)22-48(47)50)62-58(32)54(28)57(31)61(35)62/h3-22,24-25,43-44,47-50H,23,26H2,1-2H3/t43-,44+,47?,48?,49+,50-. The Morgan fingerprint density at radius 1 is 0.324 bits per heavy atom. The molecule has 68 heavy (non-hydrogen) atoms. The summed E-state index contributed by atoms with van der Waals surface area (Å²) in [6.07, 6.45) is 7.68. The van der Waals surface area contributed by atoms with E-state index in [9.17, 15) is 0 Å². The Bertz CT molecular complexity index is 4730. The zero-order valence-corrected chi connectivity index (χ0v) is 37.4. The molecule has 0 saturated heterocycles. The van der Waals surface area contributed by atoms with Crippen molar-refractivity contribution in [2.75, 3.05) is 14.2 Å². The van der Waals surface area contributed by atoms with Gasteiger partial charge in [-0.05, 0) is 212 Å². The number of methoxy groups -OCH3 is 2. The predicted octanol–water partition coefficient (Wildman–Crippen LogP) is 15.2. The van der Waals surface area contributed by atoms with Gasteiger partial charge in [-0.2, -0.15) is 0 Å². The van der Waals surface area contributed by atoms with Crippen molar-refractivity contribution < 1.29 is 9.47 Å². The first-order valence-corrected chi connectivity index (χ1v) is 24.9. The van der Waals surface area contributed by atoms with E-state index in [1.165, 1.54) is 173 Å². The molecule has 0 N–H and O–H groups in total. The van der Waals surface area contributed by atoms with Crippen LogP contribution in [0.2, 0.25) is 0 Å². The predicted molar refractivity (Wildman–Crippen MR) is 283 cm³/mol. The molecule has 4 bridgehead atoms. The lowest BCUT2D eigenvalue weighted by Gasteiger charge is -2.34. The zero-order valence-electron chi connectivity index (χ0n) is 37.4. The Hall–Kier alpha value is -7.68. The van der Waals surface area contributed by atoms with E-state index in [-0.39, 0.29) is 0 Å². The second-order valence-electron chi connectivity index (χ2n) is 21.9. The van der Waals surface area contributed by atoms with Crippen LogP contribution in [0.25, 0.3) is 141 Å². The Kier molecular flexibility index (Phi) is 5.23. The Morgan fingerprint density at radius 3 is 1.00 bits per heavy atom. The van der Waals surface area contributed by atoms with E-state index in [0.717, 1.165) is 24.3 Å². The van der Waals surface area contributed by atoms with Crippen molar-refractivity contribution in [3.05, 3.63) is 165 Å². The normalized spacial score (nSPS) is 22.4. The molecule has 1 saturated carbocycles. The van der Waals surface area contributed by atoms with Gasteiger partial charge >= 0.3 is 0 Å². The van der Waals surface area contributed by atoms with E-state index in [4.69, 9.17) is 9.47 Å². The maximum absolute atomic E-state index is 6.71. The largest absolute Gasteiger partial charge is 0.496 e. The third kappa shape index (κ3) is 3.32. The number of hydrogen-bond acceptors (Lipinski definition) is 2. The molecular formula is C66H38O2. The molecule has 2 nitrogen and oxygen atoms in total.